The molecule has 1 fully saturated rings. The van der Waals surface area contributed by atoms with Crippen molar-refractivity contribution in [3.8, 4) is 0 Å². The number of benzene rings is 2. The van der Waals surface area contributed by atoms with Crippen molar-refractivity contribution in [2.45, 2.75) is 37.2 Å². The molecule has 0 unspecified atom stereocenters. The highest BCUT2D eigenvalue weighted by molar-refractivity contribution is 7.89. The predicted molar refractivity (Wildman–Crippen MR) is 87.7 cm³/mol. The van der Waals surface area contributed by atoms with Crippen molar-refractivity contribution in [2.24, 2.45) is 5.92 Å². The van der Waals surface area contributed by atoms with Crippen LogP contribution in [0.4, 0.5) is 8.78 Å². The quantitative estimate of drug-likeness (QED) is 0.790. The first-order valence-electron chi connectivity index (χ1n) is 7.90. The summed E-state index contributed by atoms with van der Waals surface area (Å²) in [5.41, 5.74) is 0.830. The van der Waals surface area contributed by atoms with Gasteiger partial charge in [0.1, 0.15) is 16.5 Å². The van der Waals surface area contributed by atoms with Gasteiger partial charge in [-0.05, 0) is 43.4 Å². The molecule has 0 N–H and O–H groups in total. The Kier molecular flexibility index (Phi) is 4.69. The topological polar surface area (TPSA) is 37.4 Å². The number of nitrogens with zero attached hydrogens (tertiary/aromatic N) is 1. The largest absolute Gasteiger partial charge is 0.246 e. The molecule has 6 heteroatoms. The predicted octanol–water partition coefficient (Wildman–Crippen LogP) is 3.95. The molecule has 0 spiro atoms. The minimum Gasteiger partial charge on any atom is -0.207 e. The van der Waals surface area contributed by atoms with Gasteiger partial charge in [-0.3, -0.25) is 0 Å². The van der Waals surface area contributed by atoms with Crippen molar-refractivity contribution in [3.05, 3.63) is 65.7 Å². The van der Waals surface area contributed by atoms with Crippen LogP contribution in [0.25, 0.3) is 0 Å². The van der Waals surface area contributed by atoms with E-state index >= 15 is 0 Å². The Balaban J connectivity index is 1.99. The van der Waals surface area contributed by atoms with E-state index in [1.54, 1.807) is 0 Å². The average molecular weight is 351 g/mol. The fourth-order valence-electron chi connectivity index (χ4n) is 2.84. The second-order valence-corrected chi connectivity index (χ2v) is 8.05. The van der Waals surface area contributed by atoms with E-state index in [1.807, 2.05) is 37.3 Å². The van der Waals surface area contributed by atoms with Gasteiger partial charge in [0.15, 0.2) is 0 Å². The molecular formula is C18H19F2NO2S. The zero-order chi connectivity index (χ0) is 17.3. The van der Waals surface area contributed by atoms with Crippen LogP contribution in [0.1, 0.15) is 25.3 Å². The standard InChI is InChI=1S/C18H19F2NO2S/c1-13(15-7-8-15)21(12-14-5-3-2-4-6-14)24(22,23)18-10-9-16(19)11-17(18)20/h2-6,9-11,13,15H,7-8,12H2,1H3/t13-/m1/s1. The zero-order valence-corrected chi connectivity index (χ0v) is 14.1. The maximum Gasteiger partial charge on any atom is 0.246 e. The van der Waals surface area contributed by atoms with Crippen LogP contribution >= 0.6 is 0 Å². The van der Waals surface area contributed by atoms with Crippen LogP contribution in [-0.2, 0) is 16.6 Å². The lowest BCUT2D eigenvalue weighted by atomic mass is 10.2. The Labute approximate surface area is 141 Å². The SMILES string of the molecule is C[C@H](C1CC1)N(Cc1ccccc1)S(=O)(=O)c1ccc(F)cc1F. The number of rotatable bonds is 6. The molecule has 1 saturated carbocycles. The molecule has 0 saturated heterocycles. The summed E-state index contributed by atoms with van der Waals surface area (Å²) in [5.74, 6) is -1.57. The molecule has 3 rings (SSSR count). The molecule has 24 heavy (non-hydrogen) atoms. The molecule has 0 amide bonds. The summed E-state index contributed by atoms with van der Waals surface area (Å²) in [7, 11) is -4.06. The zero-order valence-electron chi connectivity index (χ0n) is 13.3. The van der Waals surface area contributed by atoms with Crippen molar-refractivity contribution in [1.82, 2.24) is 4.31 Å². The third-order valence-corrected chi connectivity index (χ3v) is 6.39. The van der Waals surface area contributed by atoms with Gasteiger partial charge < -0.3 is 0 Å². The summed E-state index contributed by atoms with van der Waals surface area (Å²) in [6.07, 6.45) is 1.93. The van der Waals surface area contributed by atoms with E-state index in [4.69, 9.17) is 0 Å². The number of halogens is 2. The molecular weight excluding hydrogens is 332 g/mol. The van der Waals surface area contributed by atoms with E-state index in [0.29, 0.717) is 6.07 Å². The first kappa shape index (κ1) is 17.0. The maximum atomic E-state index is 14.1. The summed E-state index contributed by atoms with van der Waals surface area (Å²) in [6, 6.07) is 11.5. The monoisotopic (exact) mass is 351 g/mol. The second kappa shape index (κ2) is 6.61. The van der Waals surface area contributed by atoms with Crippen LogP contribution in [0.3, 0.4) is 0 Å². The average Bonchev–Trinajstić information content (AvgIpc) is 3.37. The Bertz CT molecular complexity index is 820. The van der Waals surface area contributed by atoms with Gasteiger partial charge in [0.25, 0.3) is 0 Å². The van der Waals surface area contributed by atoms with E-state index in [9.17, 15) is 17.2 Å². The molecule has 128 valence electrons. The minimum absolute atomic E-state index is 0.164. The Morgan fingerprint density at radius 3 is 2.38 bits per heavy atom. The van der Waals surface area contributed by atoms with Crippen molar-refractivity contribution < 1.29 is 17.2 Å². The first-order chi connectivity index (χ1) is 11.4. The van der Waals surface area contributed by atoms with Crippen LogP contribution < -0.4 is 0 Å². The summed E-state index contributed by atoms with van der Waals surface area (Å²) in [6.45, 7) is 2.01. The Morgan fingerprint density at radius 1 is 1.12 bits per heavy atom. The van der Waals surface area contributed by atoms with Crippen molar-refractivity contribution >= 4 is 10.0 Å². The summed E-state index contributed by atoms with van der Waals surface area (Å²) >= 11 is 0. The van der Waals surface area contributed by atoms with Gasteiger partial charge >= 0.3 is 0 Å². The Hall–Kier alpha value is -1.79. The lowest BCUT2D eigenvalue weighted by Gasteiger charge is -2.28. The molecule has 1 aliphatic carbocycles. The molecule has 1 aliphatic rings. The van der Waals surface area contributed by atoms with Crippen LogP contribution in [0.2, 0.25) is 0 Å². The Morgan fingerprint density at radius 2 is 1.79 bits per heavy atom. The molecule has 2 aromatic rings. The molecule has 0 aromatic heterocycles. The van der Waals surface area contributed by atoms with Gasteiger partial charge in [-0.25, -0.2) is 17.2 Å². The molecule has 0 heterocycles. The first-order valence-corrected chi connectivity index (χ1v) is 9.34. The second-order valence-electron chi connectivity index (χ2n) is 6.19. The lowest BCUT2D eigenvalue weighted by Crippen LogP contribution is -2.39. The highest BCUT2D eigenvalue weighted by atomic mass is 32.2. The highest BCUT2D eigenvalue weighted by Crippen LogP contribution is 2.38. The molecule has 0 bridgehead atoms. The summed E-state index contributed by atoms with van der Waals surface area (Å²) in [5, 5.41) is 0. The van der Waals surface area contributed by atoms with Crippen molar-refractivity contribution in [1.29, 1.82) is 0 Å². The number of hydrogen-bond acceptors (Lipinski definition) is 2. The molecule has 3 nitrogen and oxygen atoms in total. The highest BCUT2D eigenvalue weighted by Gasteiger charge is 2.39. The van der Waals surface area contributed by atoms with Crippen LogP contribution in [0, 0.1) is 17.6 Å². The van der Waals surface area contributed by atoms with E-state index < -0.39 is 26.6 Å². The molecule has 0 aliphatic heterocycles. The van der Waals surface area contributed by atoms with E-state index in [2.05, 4.69) is 0 Å². The van der Waals surface area contributed by atoms with Gasteiger partial charge in [-0.15, -0.1) is 0 Å². The maximum absolute atomic E-state index is 14.1. The van der Waals surface area contributed by atoms with Gasteiger partial charge in [0, 0.05) is 18.7 Å². The van der Waals surface area contributed by atoms with E-state index in [1.165, 1.54) is 4.31 Å². The fraction of sp³-hybridized carbons (Fsp3) is 0.333. The molecule has 1 atom stereocenters. The van der Waals surface area contributed by atoms with Crippen LogP contribution in [-0.4, -0.2) is 18.8 Å². The van der Waals surface area contributed by atoms with Crippen LogP contribution in [0.15, 0.2) is 53.4 Å². The van der Waals surface area contributed by atoms with E-state index in [-0.39, 0.29) is 18.5 Å². The third-order valence-electron chi connectivity index (χ3n) is 4.42. The van der Waals surface area contributed by atoms with Gasteiger partial charge in [-0.1, -0.05) is 30.3 Å². The number of hydrogen-bond donors (Lipinski definition) is 0. The lowest BCUT2D eigenvalue weighted by molar-refractivity contribution is 0.301. The summed E-state index contributed by atoms with van der Waals surface area (Å²) < 4.78 is 54.6. The van der Waals surface area contributed by atoms with Gasteiger partial charge in [0.05, 0.1) is 0 Å². The fourth-order valence-corrected chi connectivity index (χ4v) is 4.56. The van der Waals surface area contributed by atoms with E-state index in [0.717, 1.165) is 30.5 Å². The van der Waals surface area contributed by atoms with Crippen LogP contribution in [0.5, 0.6) is 0 Å². The molecule has 0 radical (unpaired) electrons. The smallest absolute Gasteiger partial charge is 0.207 e. The van der Waals surface area contributed by atoms with Gasteiger partial charge in [0.2, 0.25) is 10.0 Å². The van der Waals surface area contributed by atoms with Gasteiger partial charge in [-0.2, -0.15) is 4.31 Å². The van der Waals surface area contributed by atoms with Crippen molar-refractivity contribution in [3.63, 3.8) is 0 Å². The molecule has 2 aromatic carbocycles. The number of sulfonamides is 1. The normalized spacial score (nSPS) is 16.3. The third kappa shape index (κ3) is 3.49. The van der Waals surface area contributed by atoms with Crippen molar-refractivity contribution in [2.75, 3.05) is 0 Å². The summed E-state index contributed by atoms with van der Waals surface area (Å²) in [4.78, 5) is -0.479. The minimum atomic E-state index is -4.06.